The number of amides is 1. The first kappa shape index (κ1) is 17.1. The maximum atomic E-state index is 12.5. The first-order valence-electron chi connectivity index (χ1n) is 8.58. The minimum atomic E-state index is -0.259. The molecule has 0 spiro atoms. The molecule has 132 valence electrons. The highest BCUT2D eigenvalue weighted by Gasteiger charge is 2.24. The number of piperidine rings is 1. The minimum Gasteiger partial charge on any atom is -0.346 e. The number of aromatic nitrogens is 4. The van der Waals surface area contributed by atoms with E-state index in [1.165, 1.54) is 16.8 Å². The van der Waals surface area contributed by atoms with Gasteiger partial charge in [-0.2, -0.15) is 5.10 Å². The second-order valence-electron chi connectivity index (χ2n) is 6.09. The third-order valence-electron chi connectivity index (χ3n) is 4.13. The lowest BCUT2D eigenvalue weighted by Crippen LogP contribution is -2.48. The topological polar surface area (TPSA) is 93.0 Å². The number of carbonyl (C=O) groups excluding carboxylic acids is 1. The number of nitrogens with one attached hydrogen (secondary N) is 1. The van der Waals surface area contributed by atoms with Gasteiger partial charge in [0, 0.05) is 44.1 Å². The molecule has 1 fully saturated rings. The summed E-state index contributed by atoms with van der Waals surface area (Å²) in [6, 6.07) is 4.65. The van der Waals surface area contributed by atoms with Crippen LogP contribution in [-0.2, 0) is 6.54 Å². The average molecular weight is 342 g/mol. The van der Waals surface area contributed by atoms with Crippen LogP contribution in [0, 0.1) is 0 Å². The summed E-state index contributed by atoms with van der Waals surface area (Å²) in [6.45, 7) is 3.99. The predicted molar refractivity (Wildman–Crippen MR) is 93.5 cm³/mol. The van der Waals surface area contributed by atoms with Crippen molar-refractivity contribution in [2.24, 2.45) is 0 Å². The van der Waals surface area contributed by atoms with Crippen molar-refractivity contribution in [1.29, 1.82) is 0 Å². The van der Waals surface area contributed by atoms with Gasteiger partial charge >= 0.3 is 0 Å². The Balaban J connectivity index is 1.66. The van der Waals surface area contributed by atoms with Crippen molar-refractivity contribution < 1.29 is 4.79 Å². The Morgan fingerprint density at radius 2 is 2.12 bits per heavy atom. The molecule has 0 saturated carbocycles. The lowest BCUT2D eigenvalue weighted by Gasteiger charge is -2.33. The third kappa shape index (κ3) is 4.20. The van der Waals surface area contributed by atoms with Crippen LogP contribution in [0.4, 0.5) is 5.95 Å². The molecule has 1 aliphatic heterocycles. The SMILES string of the molecule is CCCn1nc(C(=O)NC2CCCN(c3ncccn3)C2)ccc1=O. The number of anilines is 1. The highest BCUT2D eigenvalue weighted by molar-refractivity contribution is 5.92. The van der Waals surface area contributed by atoms with Crippen LogP contribution < -0.4 is 15.8 Å². The maximum absolute atomic E-state index is 12.5. The molecule has 3 rings (SSSR count). The molecule has 2 aromatic rings. The van der Waals surface area contributed by atoms with E-state index in [2.05, 4.69) is 25.3 Å². The number of nitrogens with zero attached hydrogens (tertiary/aromatic N) is 5. The van der Waals surface area contributed by atoms with Gasteiger partial charge in [-0.3, -0.25) is 9.59 Å². The molecule has 1 saturated heterocycles. The van der Waals surface area contributed by atoms with Gasteiger partial charge in [-0.15, -0.1) is 0 Å². The van der Waals surface area contributed by atoms with Gasteiger partial charge in [-0.1, -0.05) is 6.92 Å². The van der Waals surface area contributed by atoms with Crippen LogP contribution in [0.3, 0.4) is 0 Å². The van der Waals surface area contributed by atoms with Crippen molar-refractivity contribution in [2.45, 2.75) is 38.8 Å². The fourth-order valence-corrected chi connectivity index (χ4v) is 2.93. The van der Waals surface area contributed by atoms with Gasteiger partial charge in [-0.25, -0.2) is 14.6 Å². The maximum Gasteiger partial charge on any atom is 0.272 e. The summed E-state index contributed by atoms with van der Waals surface area (Å²) in [7, 11) is 0. The highest BCUT2D eigenvalue weighted by atomic mass is 16.2. The predicted octanol–water partition coefficient (Wildman–Crippen LogP) is 0.842. The van der Waals surface area contributed by atoms with Gasteiger partial charge < -0.3 is 10.2 Å². The molecule has 0 aromatic carbocycles. The lowest BCUT2D eigenvalue weighted by atomic mass is 10.1. The van der Waals surface area contributed by atoms with Crippen LogP contribution in [0.2, 0.25) is 0 Å². The van der Waals surface area contributed by atoms with Gasteiger partial charge in [0.15, 0.2) is 0 Å². The molecule has 2 aromatic heterocycles. The molecule has 8 nitrogen and oxygen atoms in total. The molecule has 0 aliphatic carbocycles. The second kappa shape index (κ2) is 7.87. The normalized spacial score (nSPS) is 17.3. The molecule has 1 unspecified atom stereocenters. The number of carbonyl (C=O) groups is 1. The monoisotopic (exact) mass is 342 g/mol. The largest absolute Gasteiger partial charge is 0.346 e. The Morgan fingerprint density at radius 1 is 1.32 bits per heavy atom. The van der Waals surface area contributed by atoms with Crippen LogP contribution in [0.15, 0.2) is 35.4 Å². The molecular formula is C17H22N6O2. The van der Waals surface area contributed by atoms with E-state index in [-0.39, 0.29) is 23.2 Å². The van der Waals surface area contributed by atoms with E-state index in [0.717, 1.165) is 25.8 Å². The summed E-state index contributed by atoms with van der Waals surface area (Å²) in [6.07, 6.45) is 6.05. The smallest absolute Gasteiger partial charge is 0.272 e. The van der Waals surface area contributed by atoms with Crippen molar-refractivity contribution in [1.82, 2.24) is 25.1 Å². The molecule has 1 N–H and O–H groups in total. The van der Waals surface area contributed by atoms with Crippen molar-refractivity contribution >= 4 is 11.9 Å². The minimum absolute atomic E-state index is 0.00147. The molecule has 25 heavy (non-hydrogen) atoms. The summed E-state index contributed by atoms with van der Waals surface area (Å²) in [4.78, 5) is 34.8. The summed E-state index contributed by atoms with van der Waals surface area (Å²) >= 11 is 0. The summed E-state index contributed by atoms with van der Waals surface area (Å²) in [5, 5.41) is 7.17. The second-order valence-corrected chi connectivity index (χ2v) is 6.09. The summed E-state index contributed by atoms with van der Waals surface area (Å²) in [5.74, 6) is 0.418. The zero-order chi connectivity index (χ0) is 17.6. The Kier molecular flexibility index (Phi) is 5.37. The molecule has 1 aliphatic rings. The fourth-order valence-electron chi connectivity index (χ4n) is 2.93. The average Bonchev–Trinajstić information content (AvgIpc) is 2.64. The van der Waals surface area contributed by atoms with E-state index in [1.54, 1.807) is 18.5 Å². The van der Waals surface area contributed by atoms with Crippen LogP contribution in [0.1, 0.15) is 36.7 Å². The van der Waals surface area contributed by atoms with Gasteiger partial charge in [0.2, 0.25) is 5.95 Å². The zero-order valence-corrected chi connectivity index (χ0v) is 14.3. The third-order valence-corrected chi connectivity index (χ3v) is 4.13. The van der Waals surface area contributed by atoms with Gasteiger partial charge in [0.1, 0.15) is 5.69 Å². The first-order valence-corrected chi connectivity index (χ1v) is 8.58. The Labute approximate surface area is 145 Å². The number of aryl methyl sites for hydroxylation is 1. The lowest BCUT2D eigenvalue weighted by molar-refractivity contribution is 0.0925. The Hall–Kier alpha value is -2.77. The van der Waals surface area contributed by atoms with E-state index in [4.69, 9.17) is 0 Å². The standard InChI is InChI=1S/C17H22N6O2/c1-2-10-23-15(24)7-6-14(21-23)16(25)20-13-5-3-11-22(12-13)17-18-8-4-9-19-17/h4,6-9,13H,2-3,5,10-12H2,1H3,(H,20,25). The highest BCUT2D eigenvalue weighted by Crippen LogP contribution is 2.15. The Morgan fingerprint density at radius 3 is 2.88 bits per heavy atom. The number of hydrogen-bond donors (Lipinski definition) is 1. The van der Waals surface area contributed by atoms with Crippen molar-refractivity contribution in [2.75, 3.05) is 18.0 Å². The molecule has 1 atom stereocenters. The molecular weight excluding hydrogens is 320 g/mol. The first-order chi connectivity index (χ1) is 12.2. The zero-order valence-electron chi connectivity index (χ0n) is 14.3. The van der Waals surface area contributed by atoms with E-state index >= 15 is 0 Å². The van der Waals surface area contributed by atoms with Gasteiger partial charge in [0.05, 0.1) is 0 Å². The van der Waals surface area contributed by atoms with E-state index in [1.807, 2.05) is 6.92 Å². The number of rotatable bonds is 5. The van der Waals surface area contributed by atoms with Gasteiger partial charge in [-0.05, 0) is 31.4 Å². The molecule has 0 bridgehead atoms. The van der Waals surface area contributed by atoms with E-state index < -0.39 is 0 Å². The van der Waals surface area contributed by atoms with Crippen LogP contribution in [0.25, 0.3) is 0 Å². The quantitative estimate of drug-likeness (QED) is 0.866. The van der Waals surface area contributed by atoms with E-state index in [9.17, 15) is 9.59 Å². The van der Waals surface area contributed by atoms with Crippen molar-refractivity contribution in [3.05, 3.63) is 46.6 Å². The summed E-state index contributed by atoms with van der Waals surface area (Å²) in [5.41, 5.74) is 0.0737. The van der Waals surface area contributed by atoms with Gasteiger partial charge in [0.25, 0.3) is 11.5 Å². The van der Waals surface area contributed by atoms with Crippen LogP contribution in [-0.4, -0.2) is 44.8 Å². The van der Waals surface area contributed by atoms with E-state index in [0.29, 0.717) is 19.0 Å². The number of hydrogen-bond acceptors (Lipinski definition) is 6. The Bertz CT molecular complexity index is 776. The fraction of sp³-hybridized carbons (Fsp3) is 0.471. The van der Waals surface area contributed by atoms with Crippen LogP contribution in [0.5, 0.6) is 0 Å². The molecule has 0 radical (unpaired) electrons. The van der Waals surface area contributed by atoms with Crippen LogP contribution >= 0.6 is 0 Å². The summed E-state index contributed by atoms with van der Waals surface area (Å²) < 4.78 is 1.33. The van der Waals surface area contributed by atoms with Crippen molar-refractivity contribution in [3.8, 4) is 0 Å². The van der Waals surface area contributed by atoms with Crippen molar-refractivity contribution in [3.63, 3.8) is 0 Å². The molecule has 8 heteroatoms. The molecule has 3 heterocycles. The molecule has 1 amide bonds.